The van der Waals surface area contributed by atoms with Crippen LogP contribution in [0, 0.1) is 5.41 Å². The first-order valence-corrected chi connectivity index (χ1v) is 11.5. The highest BCUT2D eigenvalue weighted by atomic mass is 16.5. The minimum absolute atomic E-state index is 0.129. The van der Waals surface area contributed by atoms with Crippen molar-refractivity contribution in [1.29, 1.82) is 0 Å². The van der Waals surface area contributed by atoms with Gasteiger partial charge in [0, 0.05) is 13.2 Å². The molecular formula is C23H41N3O7. The maximum absolute atomic E-state index is 12.5. The van der Waals surface area contributed by atoms with Gasteiger partial charge >= 0.3 is 0 Å². The van der Waals surface area contributed by atoms with Gasteiger partial charge in [0.05, 0.1) is 6.54 Å². The van der Waals surface area contributed by atoms with Gasteiger partial charge in [0.1, 0.15) is 24.4 Å². The van der Waals surface area contributed by atoms with Gasteiger partial charge in [-0.2, -0.15) is 0 Å². The second kappa shape index (κ2) is 13.6. The summed E-state index contributed by atoms with van der Waals surface area (Å²) in [6.45, 7) is 6.91. The number of carbonyl (C=O) groups is 3. The molecule has 0 aromatic rings. The van der Waals surface area contributed by atoms with Crippen LogP contribution in [0.25, 0.3) is 0 Å². The van der Waals surface area contributed by atoms with Crippen molar-refractivity contribution < 1.29 is 34.4 Å². The first kappa shape index (κ1) is 29.0. The highest BCUT2D eigenvalue weighted by Gasteiger charge is 2.36. The van der Waals surface area contributed by atoms with E-state index in [2.05, 4.69) is 16.0 Å². The van der Waals surface area contributed by atoms with Gasteiger partial charge < -0.3 is 36.0 Å². The lowest BCUT2D eigenvalue weighted by molar-refractivity contribution is -0.150. The van der Waals surface area contributed by atoms with Crippen molar-refractivity contribution in [2.75, 3.05) is 13.7 Å². The van der Waals surface area contributed by atoms with E-state index in [0.717, 1.165) is 32.8 Å². The topological polar surface area (TPSA) is 157 Å². The van der Waals surface area contributed by atoms with Crippen molar-refractivity contribution in [2.45, 2.75) is 96.3 Å². The molecule has 0 aromatic heterocycles. The van der Waals surface area contributed by atoms with E-state index in [1.807, 2.05) is 20.8 Å². The Labute approximate surface area is 196 Å². The smallest absolute Gasteiger partial charge is 0.252 e. The SMILES string of the molecule is CO[C@@H](C(=O)N[C@@H](C)C(=O)NCC(=O)NC1CCCCC1)[C@H](O)[C@@H](O)[C@H](O)C=CC(C)(C)C. The van der Waals surface area contributed by atoms with Crippen molar-refractivity contribution in [3.63, 3.8) is 0 Å². The molecule has 5 atom stereocenters. The third kappa shape index (κ3) is 10.6. The van der Waals surface area contributed by atoms with Crippen LogP contribution in [-0.2, 0) is 19.1 Å². The summed E-state index contributed by atoms with van der Waals surface area (Å²) in [5.74, 6) is -1.72. The zero-order valence-electron chi connectivity index (χ0n) is 20.3. The lowest BCUT2D eigenvalue weighted by Gasteiger charge is -2.28. The molecule has 0 spiro atoms. The number of amides is 3. The molecule has 1 aliphatic rings. The summed E-state index contributed by atoms with van der Waals surface area (Å²) in [6.07, 6.45) is 1.81. The van der Waals surface area contributed by atoms with Crippen molar-refractivity contribution in [1.82, 2.24) is 16.0 Å². The minimum atomic E-state index is -1.74. The molecule has 10 heteroatoms. The van der Waals surface area contributed by atoms with Crippen molar-refractivity contribution in [2.24, 2.45) is 5.41 Å². The van der Waals surface area contributed by atoms with E-state index < -0.39 is 42.3 Å². The number of aliphatic hydroxyl groups is 3. The predicted octanol–water partition coefficient (Wildman–Crippen LogP) is -0.244. The zero-order valence-corrected chi connectivity index (χ0v) is 20.3. The molecule has 3 amide bonds. The van der Waals surface area contributed by atoms with Crippen molar-refractivity contribution >= 4 is 17.7 Å². The average Bonchev–Trinajstić information content (AvgIpc) is 2.75. The molecule has 0 aromatic carbocycles. The lowest BCUT2D eigenvalue weighted by atomic mass is 9.94. The Morgan fingerprint density at radius 3 is 2.18 bits per heavy atom. The Morgan fingerprint density at radius 1 is 1.03 bits per heavy atom. The molecule has 33 heavy (non-hydrogen) atoms. The van der Waals surface area contributed by atoms with Crippen molar-refractivity contribution in [3.05, 3.63) is 12.2 Å². The van der Waals surface area contributed by atoms with E-state index in [9.17, 15) is 29.7 Å². The number of rotatable bonds is 11. The van der Waals surface area contributed by atoms with Crippen LogP contribution in [0.15, 0.2) is 12.2 Å². The van der Waals surface area contributed by atoms with E-state index in [0.29, 0.717) is 0 Å². The summed E-state index contributed by atoms with van der Waals surface area (Å²) in [5.41, 5.74) is -0.250. The molecule has 190 valence electrons. The van der Waals surface area contributed by atoms with Gasteiger partial charge in [0.25, 0.3) is 5.91 Å². The molecule has 0 heterocycles. The number of nitrogens with one attached hydrogen (secondary N) is 3. The van der Waals surface area contributed by atoms with Crippen molar-refractivity contribution in [3.8, 4) is 0 Å². The maximum Gasteiger partial charge on any atom is 0.252 e. The summed E-state index contributed by atoms with van der Waals surface area (Å²) in [6, 6.07) is -0.892. The minimum Gasteiger partial charge on any atom is -0.387 e. The Hall–Kier alpha value is -2.01. The number of ether oxygens (including phenoxy) is 1. The summed E-state index contributed by atoms with van der Waals surface area (Å²) < 4.78 is 5.00. The van der Waals surface area contributed by atoms with Gasteiger partial charge in [-0.05, 0) is 25.2 Å². The van der Waals surface area contributed by atoms with Crippen LogP contribution in [0.3, 0.4) is 0 Å². The number of hydrogen-bond donors (Lipinski definition) is 6. The average molecular weight is 472 g/mol. The Morgan fingerprint density at radius 2 is 1.64 bits per heavy atom. The van der Waals surface area contributed by atoms with Crippen LogP contribution in [0.1, 0.15) is 59.8 Å². The van der Waals surface area contributed by atoms with Crippen LogP contribution < -0.4 is 16.0 Å². The fourth-order valence-corrected chi connectivity index (χ4v) is 3.49. The molecule has 10 nitrogen and oxygen atoms in total. The van der Waals surface area contributed by atoms with E-state index in [1.54, 1.807) is 6.08 Å². The molecule has 0 bridgehead atoms. The Balaban J connectivity index is 2.54. The summed E-state index contributed by atoms with van der Waals surface area (Å²) in [7, 11) is 1.16. The van der Waals surface area contributed by atoms with E-state index in [-0.39, 0.29) is 23.9 Å². The molecule has 0 radical (unpaired) electrons. The molecule has 1 rings (SSSR count). The number of carbonyl (C=O) groups excluding carboxylic acids is 3. The van der Waals surface area contributed by atoms with Gasteiger partial charge in [-0.15, -0.1) is 0 Å². The fourth-order valence-electron chi connectivity index (χ4n) is 3.49. The van der Waals surface area contributed by atoms with E-state index >= 15 is 0 Å². The van der Waals surface area contributed by atoms with Crippen LogP contribution in [0.5, 0.6) is 0 Å². The van der Waals surface area contributed by atoms with E-state index in [1.165, 1.54) is 19.4 Å². The normalized spacial score (nSPS) is 19.9. The van der Waals surface area contributed by atoms with Crippen LogP contribution in [0.4, 0.5) is 0 Å². The molecule has 1 saturated carbocycles. The van der Waals surface area contributed by atoms with E-state index in [4.69, 9.17) is 4.74 Å². The quantitative estimate of drug-likeness (QED) is 0.227. The number of hydrogen-bond acceptors (Lipinski definition) is 7. The lowest BCUT2D eigenvalue weighted by Crippen LogP contribution is -2.55. The molecule has 1 fully saturated rings. The second-order valence-corrected chi connectivity index (χ2v) is 9.70. The molecule has 0 unspecified atom stereocenters. The highest BCUT2D eigenvalue weighted by molar-refractivity contribution is 5.91. The highest BCUT2D eigenvalue weighted by Crippen LogP contribution is 2.18. The fraction of sp³-hybridized carbons (Fsp3) is 0.783. The summed E-state index contributed by atoms with van der Waals surface area (Å²) in [5, 5.41) is 38.4. The standard InChI is InChI=1S/C23H41N3O7/c1-14(21(31)24-13-17(28)26-15-9-7-6-8-10-15)25-22(32)20(33-5)19(30)18(29)16(27)11-12-23(2,3)4/h11-12,14-16,18-20,27,29-30H,6-10,13H2,1-5H3,(H,24,31)(H,25,32)(H,26,28)/t14-,16+,18-,19+,20+/m0/s1. The predicted molar refractivity (Wildman–Crippen MR) is 123 cm³/mol. The van der Waals surface area contributed by atoms with Crippen LogP contribution in [0.2, 0.25) is 0 Å². The maximum atomic E-state index is 12.5. The van der Waals surface area contributed by atoms with Gasteiger partial charge in [0.15, 0.2) is 6.10 Å². The molecule has 0 saturated heterocycles. The van der Waals surface area contributed by atoms with Crippen LogP contribution >= 0.6 is 0 Å². The first-order valence-electron chi connectivity index (χ1n) is 11.5. The van der Waals surface area contributed by atoms with Gasteiger partial charge in [-0.3, -0.25) is 14.4 Å². The largest absolute Gasteiger partial charge is 0.387 e. The zero-order chi connectivity index (χ0) is 25.2. The number of allylic oxidation sites excluding steroid dienone is 1. The monoisotopic (exact) mass is 471 g/mol. The molecule has 1 aliphatic carbocycles. The number of aliphatic hydroxyl groups excluding tert-OH is 3. The third-order valence-electron chi connectivity index (χ3n) is 5.46. The van der Waals surface area contributed by atoms with Gasteiger partial charge in [0.2, 0.25) is 11.8 Å². The Kier molecular flexibility index (Phi) is 12.0. The second-order valence-electron chi connectivity index (χ2n) is 9.70. The van der Waals surface area contributed by atoms with Gasteiger partial charge in [-0.25, -0.2) is 0 Å². The van der Waals surface area contributed by atoms with Gasteiger partial charge in [-0.1, -0.05) is 52.2 Å². The summed E-state index contributed by atoms with van der Waals surface area (Å²) in [4.78, 5) is 36.8. The summed E-state index contributed by atoms with van der Waals surface area (Å²) >= 11 is 0. The molecule has 0 aliphatic heterocycles. The molecular weight excluding hydrogens is 430 g/mol. The van der Waals surface area contributed by atoms with Crippen LogP contribution in [-0.4, -0.2) is 83.2 Å². The first-order chi connectivity index (χ1) is 15.4. The number of methoxy groups -OCH3 is 1. The third-order valence-corrected chi connectivity index (χ3v) is 5.46. The molecule has 6 N–H and O–H groups in total. The Bertz CT molecular complexity index is 671.